The minimum atomic E-state index is -0.00718. The summed E-state index contributed by atoms with van der Waals surface area (Å²) in [4.78, 5) is 1.26. The molecule has 1 atom stereocenters. The van der Waals surface area contributed by atoms with Crippen molar-refractivity contribution in [2.45, 2.75) is 32.7 Å². The van der Waals surface area contributed by atoms with Crippen LogP contribution in [0.2, 0.25) is 5.02 Å². The second kappa shape index (κ2) is 5.43. The SMILES string of the molecule is CCc1ccsc1C(N)Cc1c(Cl)c(C)nn1C. The predicted octanol–water partition coefficient (Wildman–Crippen LogP) is 3.25. The van der Waals surface area contributed by atoms with E-state index in [-0.39, 0.29) is 6.04 Å². The maximum atomic E-state index is 6.31. The van der Waals surface area contributed by atoms with Crippen molar-refractivity contribution in [1.82, 2.24) is 9.78 Å². The van der Waals surface area contributed by atoms with Crippen molar-refractivity contribution >= 4 is 22.9 Å². The summed E-state index contributed by atoms with van der Waals surface area (Å²) in [6, 6.07) is 2.14. The van der Waals surface area contributed by atoms with Crippen LogP contribution in [0.5, 0.6) is 0 Å². The number of rotatable bonds is 4. The average molecular weight is 284 g/mol. The number of hydrogen-bond donors (Lipinski definition) is 1. The van der Waals surface area contributed by atoms with E-state index in [1.165, 1.54) is 10.4 Å². The third kappa shape index (κ3) is 2.46. The Bertz CT molecular complexity index is 544. The van der Waals surface area contributed by atoms with Gasteiger partial charge < -0.3 is 5.73 Å². The highest BCUT2D eigenvalue weighted by Crippen LogP contribution is 2.29. The number of aromatic nitrogens is 2. The van der Waals surface area contributed by atoms with E-state index in [1.54, 1.807) is 11.3 Å². The van der Waals surface area contributed by atoms with Gasteiger partial charge in [-0.15, -0.1) is 11.3 Å². The van der Waals surface area contributed by atoms with E-state index in [9.17, 15) is 0 Å². The lowest BCUT2D eigenvalue weighted by Crippen LogP contribution is -2.15. The van der Waals surface area contributed by atoms with Crippen LogP contribution in [-0.4, -0.2) is 9.78 Å². The van der Waals surface area contributed by atoms with E-state index in [0.29, 0.717) is 0 Å². The quantitative estimate of drug-likeness (QED) is 0.936. The van der Waals surface area contributed by atoms with Gasteiger partial charge in [0.15, 0.2) is 0 Å². The van der Waals surface area contributed by atoms with Crippen LogP contribution in [0, 0.1) is 6.92 Å². The largest absolute Gasteiger partial charge is 0.323 e. The summed E-state index contributed by atoms with van der Waals surface area (Å²) in [7, 11) is 1.91. The Hall–Kier alpha value is -0.840. The molecule has 5 heteroatoms. The fourth-order valence-corrected chi connectivity index (χ4v) is 3.41. The fraction of sp³-hybridized carbons (Fsp3) is 0.462. The lowest BCUT2D eigenvalue weighted by atomic mass is 10.1. The molecule has 2 heterocycles. The smallest absolute Gasteiger partial charge is 0.0847 e. The molecule has 98 valence electrons. The highest BCUT2D eigenvalue weighted by atomic mass is 35.5. The second-order valence-corrected chi connectivity index (χ2v) is 5.77. The summed E-state index contributed by atoms with van der Waals surface area (Å²) < 4.78 is 1.83. The van der Waals surface area contributed by atoms with Gasteiger partial charge in [0.25, 0.3) is 0 Å². The molecule has 0 aliphatic carbocycles. The predicted molar refractivity (Wildman–Crippen MR) is 77.3 cm³/mol. The molecule has 0 aliphatic heterocycles. The van der Waals surface area contributed by atoms with Gasteiger partial charge >= 0.3 is 0 Å². The first-order chi connectivity index (χ1) is 8.54. The summed E-state index contributed by atoms with van der Waals surface area (Å²) in [6.07, 6.45) is 1.74. The number of nitrogens with two attached hydrogens (primary N) is 1. The lowest BCUT2D eigenvalue weighted by molar-refractivity contribution is 0.643. The number of halogens is 1. The summed E-state index contributed by atoms with van der Waals surface area (Å²) in [6.45, 7) is 4.07. The van der Waals surface area contributed by atoms with Crippen molar-refractivity contribution < 1.29 is 0 Å². The van der Waals surface area contributed by atoms with E-state index in [4.69, 9.17) is 17.3 Å². The standard InChI is InChI=1S/C13H18ClN3S/c1-4-9-5-6-18-13(9)10(15)7-11-12(14)8(2)16-17(11)3/h5-6,10H,4,7,15H2,1-3H3. The highest BCUT2D eigenvalue weighted by molar-refractivity contribution is 7.10. The Morgan fingerprint density at radius 2 is 2.28 bits per heavy atom. The molecule has 2 N–H and O–H groups in total. The minimum absolute atomic E-state index is 0.00718. The van der Waals surface area contributed by atoms with E-state index in [0.717, 1.165) is 29.3 Å². The van der Waals surface area contributed by atoms with Crippen molar-refractivity contribution in [2.24, 2.45) is 12.8 Å². The molecule has 2 aromatic rings. The van der Waals surface area contributed by atoms with E-state index < -0.39 is 0 Å². The molecule has 1 unspecified atom stereocenters. The maximum absolute atomic E-state index is 6.31. The number of aryl methyl sites for hydroxylation is 3. The van der Waals surface area contributed by atoms with Crippen LogP contribution in [-0.2, 0) is 19.9 Å². The van der Waals surface area contributed by atoms with Crippen LogP contribution in [0.4, 0.5) is 0 Å². The molecule has 0 bridgehead atoms. The number of thiophene rings is 1. The summed E-state index contributed by atoms with van der Waals surface area (Å²) >= 11 is 7.98. The minimum Gasteiger partial charge on any atom is -0.323 e. The van der Waals surface area contributed by atoms with Gasteiger partial charge in [-0.05, 0) is 30.4 Å². The first-order valence-electron chi connectivity index (χ1n) is 6.04. The van der Waals surface area contributed by atoms with Gasteiger partial charge in [0, 0.05) is 24.4 Å². The van der Waals surface area contributed by atoms with Crippen molar-refractivity contribution in [2.75, 3.05) is 0 Å². The van der Waals surface area contributed by atoms with Crippen molar-refractivity contribution in [3.8, 4) is 0 Å². The Kier molecular flexibility index (Phi) is 4.10. The molecule has 3 nitrogen and oxygen atoms in total. The molecular formula is C13H18ClN3S. The first kappa shape index (κ1) is 13.6. The third-order valence-electron chi connectivity index (χ3n) is 3.17. The van der Waals surface area contributed by atoms with Crippen molar-refractivity contribution in [3.05, 3.63) is 38.3 Å². The molecule has 2 rings (SSSR count). The zero-order valence-corrected chi connectivity index (χ0v) is 12.5. The van der Waals surface area contributed by atoms with Crippen LogP contribution in [0.1, 0.15) is 34.8 Å². The molecule has 0 fully saturated rings. The van der Waals surface area contributed by atoms with Gasteiger partial charge in [-0.1, -0.05) is 18.5 Å². The zero-order chi connectivity index (χ0) is 13.3. The van der Waals surface area contributed by atoms with Gasteiger partial charge in [0.1, 0.15) is 0 Å². The summed E-state index contributed by atoms with van der Waals surface area (Å²) in [5.74, 6) is 0. The fourth-order valence-electron chi connectivity index (χ4n) is 2.17. The van der Waals surface area contributed by atoms with Gasteiger partial charge in [0.2, 0.25) is 0 Å². The molecule has 0 aromatic carbocycles. The van der Waals surface area contributed by atoms with Crippen LogP contribution in [0.15, 0.2) is 11.4 Å². The van der Waals surface area contributed by atoms with E-state index >= 15 is 0 Å². The Labute approximate surface area is 117 Å². The monoisotopic (exact) mass is 283 g/mol. The molecule has 0 saturated heterocycles. The molecular weight excluding hydrogens is 266 g/mol. The first-order valence-corrected chi connectivity index (χ1v) is 7.30. The average Bonchev–Trinajstić information content (AvgIpc) is 2.90. The zero-order valence-electron chi connectivity index (χ0n) is 10.9. The third-order valence-corrected chi connectivity index (χ3v) is 4.76. The molecule has 18 heavy (non-hydrogen) atoms. The topological polar surface area (TPSA) is 43.8 Å². The van der Waals surface area contributed by atoms with Crippen LogP contribution in [0.25, 0.3) is 0 Å². The van der Waals surface area contributed by atoms with Gasteiger partial charge in [-0.25, -0.2) is 0 Å². The molecule has 0 aliphatic rings. The van der Waals surface area contributed by atoms with Gasteiger partial charge in [-0.2, -0.15) is 5.10 Å². The normalized spacial score (nSPS) is 12.9. The van der Waals surface area contributed by atoms with Crippen LogP contribution in [0.3, 0.4) is 0 Å². The number of nitrogens with zero attached hydrogens (tertiary/aromatic N) is 2. The highest BCUT2D eigenvalue weighted by Gasteiger charge is 2.18. The molecule has 0 amide bonds. The van der Waals surface area contributed by atoms with Crippen LogP contribution >= 0.6 is 22.9 Å². The molecule has 0 spiro atoms. The molecule has 2 aromatic heterocycles. The maximum Gasteiger partial charge on any atom is 0.0847 e. The lowest BCUT2D eigenvalue weighted by Gasteiger charge is -2.12. The van der Waals surface area contributed by atoms with E-state index in [2.05, 4.69) is 23.5 Å². The number of hydrogen-bond acceptors (Lipinski definition) is 3. The Morgan fingerprint density at radius 3 is 2.83 bits per heavy atom. The van der Waals surface area contributed by atoms with Gasteiger partial charge in [-0.3, -0.25) is 4.68 Å². The Morgan fingerprint density at radius 1 is 1.56 bits per heavy atom. The molecule has 0 radical (unpaired) electrons. The summed E-state index contributed by atoms with van der Waals surface area (Å²) in [5, 5.41) is 7.16. The van der Waals surface area contributed by atoms with Gasteiger partial charge in [0.05, 0.1) is 16.4 Å². The van der Waals surface area contributed by atoms with Crippen LogP contribution < -0.4 is 5.73 Å². The molecule has 0 saturated carbocycles. The second-order valence-electron chi connectivity index (χ2n) is 4.44. The van der Waals surface area contributed by atoms with Crippen molar-refractivity contribution in [1.29, 1.82) is 0 Å². The van der Waals surface area contributed by atoms with E-state index in [1.807, 2.05) is 18.7 Å². The Balaban J connectivity index is 2.24. The van der Waals surface area contributed by atoms with Crippen molar-refractivity contribution in [3.63, 3.8) is 0 Å². The summed E-state index contributed by atoms with van der Waals surface area (Å²) in [5.41, 5.74) is 9.52.